The number of methoxy groups -OCH3 is 1. The lowest BCUT2D eigenvalue weighted by atomic mass is 10.2. The molecule has 0 N–H and O–H groups in total. The van der Waals surface area contributed by atoms with Crippen LogP contribution in [0.4, 0.5) is 0 Å². The Balaban J connectivity index is 1.43. The first-order valence-corrected chi connectivity index (χ1v) is 12.0. The van der Waals surface area contributed by atoms with Crippen molar-refractivity contribution in [3.63, 3.8) is 0 Å². The standard InChI is InChI=1S/C26H22N4O2S/c1-32-19-14-12-17(13-15-19)29-23-9-5-4-8-22(23)27-24(29)16-33-26-28-21-7-3-2-6-20(21)25(31)30(26)18-10-11-18/h2-9,12-15,18H,10-11,16H2,1H3. The summed E-state index contributed by atoms with van der Waals surface area (Å²) in [5.74, 6) is 2.32. The van der Waals surface area contributed by atoms with Crippen molar-refractivity contribution in [2.75, 3.05) is 7.11 Å². The highest BCUT2D eigenvalue weighted by Gasteiger charge is 2.28. The van der Waals surface area contributed by atoms with Gasteiger partial charge in [0.15, 0.2) is 5.16 Å². The van der Waals surface area contributed by atoms with Gasteiger partial charge in [0, 0.05) is 11.7 Å². The van der Waals surface area contributed by atoms with Gasteiger partial charge in [-0.15, -0.1) is 0 Å². The number of nitrogens with zero attached hydrogens (tertiary/aromatic N) is 4. The summed E-state index contributed by atoms with van der Waals surface area (Å²) >= 11 is 1.57. The van der Waals surface area contributed by atoms with Crippen molar-refractivity contribution in [3.05, 3.63) is 89.0 Å². The summed E-state index contributed by atoms with van der Waals surface area (Å²) in [6, 6.07) is 24.0. The Morgan fingerprint density at radius 1 is 0.939 bits per heavy atom. The number of thioether (sulfide) groups is 1. The number of hydrogen-bond acceptors (Lipinski definition) is 5. The van der Waals surface area contributed by atoms with Gasteiger partial charge in [-0.3, -0.25) is 13.9 Å². The van der Waals surface area contributed by atoms with Crippen LogP contribution in [-0.4, -0.2) is 26.2 Å². The molecule has 1 aliphatic rings. The van der Waals surface area contributed by atoms with Crippen LogP contribution in [-0.2, 0) is 5.75 Å². The maximum atomic E-state index is 13.2. The van der Waals surface area contributed by atoms with Crippen LogP contribution in [0.2, 0.25) is 0 Å². The van der Waals surface area contributed by atoms with Crippen LogP contribution < -0.4 is 10.3 Å². The summed E-state index contributed by atoms with van der Waals surface area (Å²) in [4.78, 5) is 23.0. The van der Waals surface area contributed by atoms with Crippen LogP contribution in [0.5, 0.6) is 5.75 Å². The molecule has 6 rings (SSSR count). The molecule has 0 amide bonds. The highest BCUT2D eigenvalue weighted by Crippen LogP contribution is 2.37. The molecule has 2 aromatic heterocycles. The molecule has 2 heterocycles. The Morgan fingerprint density at radius 2 is 1.67 bits per heavy atom. The Labute approximate surface area is 194 Å². The minimum Gasteiger partial charge on any atom is -0.497 e. The quantitative estimate of drug-likeness (QED) is 0.255. The van der Waals surface area contributed by atoms with Crippen LogP contribution in [0, 0.1) is 0 Å². The lowest BCUT2D eigenvalue weighted by Crippen LogP contribution is -2.22. The van der Waals surface area contributed by atoms with E-state index in [2.05, 4.69) is 10.6 Å². The van der Waals surface area contributed by atoms with Crippen LogP contribution in [0.15, 0.2) is 82.7 Å². The normalized spacial score (nSPS) is 13.6. The third kappa shape index (κ3) is 3.58. The molecule has 0 atom stereocenters. The molecule has 0 aliphatic heterocycles. The van der Waals surface area contributed by atoms with Crippen molar-refractivity contribution in [1.82, 2.24) is 19.1 Å². The number of fused-ring (bicyclic) bond motifs is 2. The van der Waals surface area contributed by atoms with E-state index < -0.39 is 0 Å². The fraction of sp³-hybridized carbons (Fsp3) is 0.192. The van der Waals surface area contributed by atoms with E-state index in [4.69, 9.17) is 14.7 Å². The summed E-state index contributed by atoms with van der Waals surface area (Å²) in [6.07, 6.45) is 2.05. The Kier molecular flexibility index (Phi) is 4.91. The molecule has 1 saturated carbocycles. The molecule has 1 aliphatic carbocycles. The average molecular weight is 455 g/mol. The van der Waals surface area contributed by atoms with Gasteiger partial charge < -0.3 is 4.74 Å². The molecule has 5 aromatic rings. The van der Waals surface area contributed by atoms with Crippen LogP contribution in [0.1, 0.15) is 24.7 Å². The Morgan fingerprint density at radius 3 is 2.42 bits per heavy atom. The number of para-hydroxylation sites is 3. The molecule has 3 aromatic carbocycles. The zero-order valence-electron chi connectivity index (χ0n) is 18.1. The fourth-order valence-corrected chi connectivity index (χ4v) is 5.19. The number of imidazole rings is 1. The molecular formula is C26H22N4O2S. The molecule has 0 unspecified atom stereocenters. The predicted octanol–water partition coefficient (Wildman–Crippen LogP) is 5.37. The minimum absolute atomic E-state index is 0.0502. The maximum Gasteiger partial charge on any atom is 0.262 e. The van der Waals surface area contributed by atoms with Crippen LogP contribution in [0.25, 0.3) is 27.6 Å². The second-order valence-corrected chi connectivity index (χ2v) is 9.10. The Hall–Kier alpha value is -3.58. The van der Waals surface area contributed by atoms with Crippen molar-refractivity contribution in [3.8, 4) is 11.4 Å². The molecule has 1 fully saturated rings. The van der Waals surface area contributed by atoms with Crippen molar-refractivity contribution in [1.29, 1.82) is 0 Å². The zero-order chi connectivity index (χ0) is 22.4. The van der Waals surface area contributed by atoms with Crippen molar-refractivity contribution >= 4 is 33.7 Å². The van der Waals surface area contributed by atoms with E-state index >= 15 is 0 Å². The highest BCUT2D eigenvalue weighted by atomic mass is 32.2. The van der Waals surface area contributed by atoms with E-state index in [9.17, 15) is 4.79 Å². The number of ether oxygens (including phenoxy) is 1. The molecule has 7 heteroatoms. The third-order valence-electron chi connectivity index (χ3n) is 5.98. The van der Waals surface area contributed by atoms with Crippen molar-refractivity contribution in [2.24, 2.45) is 0 Å². The summed E-state index contributed by atoms with van der Waals surface area (Å²) < 4.78 is 9.38. The molecule has 0 bridgehead atoms. The molecule has 164 valence electrons. The van der Waals surface area contributed by atoms with Gasteiger partial charge >= 0.3 is 0 Å². The largest absolute Gasteiger partial charge is 0.497 e. The lowest BCUT2D eigenvalue weighted by Gasteiger charge is -2.13. The van der Waals surface area contributed by atoms with E-state index in [1.807, 2.05) is 71.3 Å². The summed E-state index contributed by atoms with van der Waals surface area (Å²) in [5, 5.41) is 1.44. The van der Waals surface area contributed by atoms with Crippen molar-refractivity contribution < 1.29 is 4.74 Å². The summed E-state index contributed by atoms with van der Waals surface area (Å²) in [6.45, 7) is 0. The first-order chi connectivity index (χ1) is 16.2. The van der Waals surface area contributed by atoms with E-state index in [-0.39, 0.29) is 11.6 Å². The lowest BCUT2D eigenvalue weighted by molar-refractivity contribution is 0.414. The highest BCUT2D eigenvalue weighted by molar-refractivity contribution is 7.98. The fourth-order valence-electron chi connectivity index (χ4n) is 4.20. The molecule has 0 spiro atoms. The first kappa shape index (κ1) is 20.1. The van der Waals surface area contributed by atoms with E-state index in [0.717, 1.165) is 51.8 Å². The smallest absolute Gasteiger partial charge is 0.262 e. The van der Waals surface area contributed by atoms with Crippen molar-refractivity contribution in [2.45, 2.75) is 29.8 Å². The van der Waals surface area contributed by atoms with Crippen LogP contribution in [0.3, 0.4) is 0 Å². The number of rotatable bonds is 6. The van der Waals surface area contributed by atoms with Gasteiger partial charge in [-0.1, -0.05) is 36.0 Å². The summed E-state index contributed by atoms with van der Waals surface area (Å²) in [5.41, 5.74) is 3.80. The van der Waals surface area contributed by atoms with Gasteiger partial charge in [-0.05, 0) is 61.4 Å². The number of hydrogen-bond donors (Lipinski definition) is 0. The SMILES string of the molecule is COc1ccc(-n2c(CSc3nc4ccccc4c(=O)n3C3CC3)nc3ccccc32)cc1. The molecule has 0 radical (unpaired) electrons. The average Bonchev–Trinajstić information content (AvgIpc) is 3.62. The van der Waals surface area contributed by atoms with Gasteiger partial charge in [0.05, 0.1) is 34.8 Å². The number of aromatic nitrogens is 4. The van der Waals surface area contributed by atoms with E-state index in [1.54, 1.807) is 18.9 Å². The van der Waals surface area contributed by atoms with Gasteiger partial charge in [0.1, 0.15) is 11.6 Å². The molecule has 33 heavy (non-hydrogen) atoms. The maximum absolute atomic E-state index is 13.2. The topological polar surface area (TPSA) is 61.9 Å². The zero-order valence-corrected chi connectivity index (χ0v) is 19.0. The third-order valence-corrected chi connectivity index (χ3v) is 6.93. The number of benzene rings is 3. The minimum atomic E-state index is 0.0502. The van der Waals surface area contributed by atoms with E-state index in [1.165, 1.54) is 0 Å². The second kappa shape index (κ2) is 8.08. The second-order valence-electron chi connectivity index (χ2n) is 8.16. The molecule has 6 nitrogen and oxygen atoms in total. The van der Waals surface area contributed by atoms with Gasteiger partial charge in [0.2, 0.25) is 0 Å². The Bertz CT molecular complexity index is 1530. The monoisotopic (exact) mass is 454 g/mol. The molecular weight excluding hydrogens is 432 g/mol. The predicted molar refractivity (Wildman–Crippen MR) is 131 cm³/mol. The van der Waals surface area contributed by atoms with Gasteiger partial charge in [-0.2, -0.15) is 0 Å². The summed E-state index contributed by atoms with van der Waals surface area (Å²) in [7, 11) is 1.67. The van der Waals surface area contributed by atoms with Gasteiger partial charge in [0.25, 0.3) is 5.56 Å². The van der Waals surface area contributed by atoms with E-state index in [0.29, 0.717) is 11.1 Å². The van der Waals surface area contributed by atoms with Crippen LogP contribution >= 0.6 is 11.8 Å². The first-order valence-electron chi connectivity index (χ1n) is 11.0. The van der Waals surface area contributed by atoms with Gasteiger partial charge in [-0.25, -0.2) is 9.97 Å². The molecule has 0 saturated heterocycles.